The van der Waals surface area contributed by atoms with Crippen LogP contribution in [0.5, 0.6) is 5.75 Å². The topological polar surface area (TPSA) is 64.9 Å². The van der Waals surface area contributed by atoms with Crippen molar-refractivity contribution in [3.63, 3.8) is 0 Å². The van der Waals surface area contributed by atoms with Crippen LogP contribution in [0.2, 0.25) is 10.3 Å². The minimum absolute atomic E-state index is 0.0582. The van der Waals surface area contributed by atoms with E-state index in [0.717, 1.165) is 4.90 Å². The van der Waals surface area contributed by atoms with E-state index in [1.165, 1.54) is 11.9 Å². The van der Waals surface area contributed by atoms with E-state index in [9.17, 15) is 0 Å². The molecule has 0 aliphatic heterocycles. The second kappa shape index (κ2) is 6.51. The second-order valence-electron chi connectivity index (χ2n) is 4.18. The summed E-state index contributed by atoms with van der Waals surface area (Å²) in [6.45, 7) is 3.74. The second-order valence-corrected chi connectivity index (χ2v) is 5.77. The van der Waals surface area contributed by atoms with Gasteiger partial charge in [-0.05, 0) is 25.8 Å². The number of ether oxygens (including phenoxy) is 1. The lowest BCUT2D eigenvalue weighted by atomic mass is 10.5. The summed E-state index contributed by atoms with van der Waals surface area (Å²) in [6.07, 6.45) is 3.52. The smallest absolute Gasteiger partial charge is 0.236 e. The van der Waals surface area contributed by atoms with Crippen molar-refractivity contribution in [3.8, 4) is 5.75 Å². The van der Waals surface area contributed by atoms with Crippen molar-refractivity contribution in [1.29, 1.82) is 0 Å². The Hall–Kier alpha value is -1.18. The zero-order chi connectivity index (χ0) is 14.7. The number of nitrogens with one attached hydrogen (secondary N) is 1. The van der Waals surface area contributed by atoms with E-state index in [1.807, 2.05) is 27.1 Å². The molecule has 20 heavy (non-hydrogen) atoms. The van der Waals surface area contributed by atoms with Crippen LogP contribution in [0, 0.1) is 0 Å². The Balaban J connectivity index is 2.09. The third-order valence-electron chi connectivity index (χ3n) is 2.08. The molecule has 1 N–H and O–H groups in total. The molecular weight excluding hydrogens is 321 g/mol. The van der Waals surface area contributed by atoms with E-state index in [2.05, 4.69) is 19.8 Å². The Labute approximate surface area is 131 Å². The number of rotatable bonds is 5. The van der Waals surface area contributed by atoms with Crippen LogP contribution in [0.3, 0.4) is 0 Å². The van der Waals surface area contributed by atoms with Gasteiger partial charge >= 0.3 is 0 Å². The van der Waals surface area contributed by atoms with Gasteiger partial charge in [-0.25, -0.2) is 0 Å². The molecule has 2 rings (SSSR count). The van der Waals surface area contributed by atoms with Crippen LogP contribution in [-0.2, 0) is 7.05 Å². The number of nitrogens with zero attached hydrogens (tertiary/aromatic N) is 4. The van der Waals surface area contributed by atoms with E-state index in [0.29, 0.717) is 11.7 Å². The minimum Gasteiger partial charge on any atom is -0.485 e. The third kappa shape index (κ3) is 3.91. The summed E-state index contributed by atoms with van der Waals surface area (Å²) in [5, 5.41) is 4.40. The Morgan fingerprint density at radius 3 is 2.45 bits per heavy atom. The van der Waals surface area contributed by atoms with Crippen molar-refractivity contribution >= 4 is 41.1 Å². The highest BCUT2D eigenvalue weighted by Gasteiger charge is 2.14. The van der Waals surface area contributed by atoms with Crippen molar-refractivity contribution in [2.75, 3.05) is 4.72 Å². The molecule has 0 saturated carbocycles. The minimum atomic E-state index is -0.0582. The summed E-state index contributed by atoms with van der Waals surface area (Å²) in [4.78, 5) is 9.11. The fourth-order valence-electron chi connectivity index (χ4n) is 1.33. The zero-order valence-electron chi connectivity index (χ0n) is 11.1. The van der Waals surface area contributed by atoms with Crippen LogP contribution < -0.4 is 9.46 Å². The van der Waals surface area contributed by atoms with Gasteiger partial charge in [0.1, 0.15) is 0 Å². The largest absolute Gasteiger partial charge is 0.485 e. The molecule has 0 atom stereocenters. The predicted molar refractivity (Wildman–Crippen MR) is 80.5 cm³/mol. The maximum Gasteiger partial charge on any atom is 0.236 e. The van der Waals surface area contributed by atoms with Gasteiger partial charge < -0.3 is 4.74 Å². The maximum absolute atomic E-state index is 6.04. The van der Waals surface area contributed by atoms with Gasteiger partial charge in [-0.15, -0.1) is 0 Å². The average Bonchev–Trinajstić information content (AvgIpc) is 2.77. The first kappa shape index (κ1) is 15.2. The molecule has 108 valence electrons. The summed E-state index contributed by atoms with van der Waals surface area (Å²) < 4.78 is 10.1. The first-order valence-electron chi connectivity index (χ1n) is 5.77. The SMILES string of the molecule is CC(C)Oc1c(Cl)nc(NSc2cnn(C)c2)nc1Cl. The fraction of sp³-hybridized carbons (Fsp3) is 0.364. The molecule has 0 bridgehead atoms. The fourth-order valence-corrected chi connectivity index (χ4v) is 2.41. The lowest BCUT2D eigenvalue weighted by Crippen LogP contribution is -2.08. The summed E-state index contributed by atoms with van der Waals surface area (Å²) in [6, 6.07) is 0. The summed E-state index contributed by atoms with van der Waals surface area (Å²) >= 11 is 13.4. The van der Waals surface area contributed by atoms with Crippen molar-refractivity contribution < 1.29 is 4.74 Å². The van der Waals surface area contributed by atoms with Gasteiger partial charge in [0.2, 0.25) is 5.95 Å². The highest BCUT2D eigenvalue weighted by Crippen LogP contribution is 2.32. The first-order chi connectivity index (χ1) is 9.45. The number of halogens is 2. The van der Waals surface area contributed by atoms with Gasteiger partial charge in [-0.1, -0.05) is 23.2 Å². The molecule has 0 saturated heterocycles. The number of hydrogen-bond donors (Lipinski definition) is 1. The molecule has 0 aliphatic rings. The summed E-state index contributed by atoms with van der Waals surface area (Å²) in [5.74, 6) is 0.602. The van der Waals surface area contributed by atoms with Crippen molar-refractivity contribution in [1.82, 2.24) is 19.7 Å². The van der Waals surface area contributed by atoms with Gasteiger partial charge in [0.25, 0.3) is 0 Å². The molecule has 2 aromatic heterocycles. The van der Waals surface area contributed by atoms with Crippen LogP contribution in [0.15, 0.2) is 17.3 Å². The number of anilines is 1. The molecule has 0 aliphatic carbocycles. The van der Waals surface area contributed by atoms with E-state index < -0.39 is 0 Å². The standard InChI is InChI=1S/C11H13Cl2N5OS/c1-6(2)19-8-9(12)15-11(16-10(8)13)17-20-7-4-14-18(3)5-7/h4-6H,1-3H3,(H,15,16,17). The molecule has 2 aromatic rings. The maximum atomic E-state index is 6.04. The Morgan fingerprint density at radius 1 is 1.30 bits per heavy atom. The third-order valence-corrected chi connectivity index (χ3v) is 3.32. The van der Waals surface area contributed by atoms with Crippen LogP contribution in [0.25, 0.3) is 0 Å². The van der Waals surface area contributed by atoms with Crippen LogP contribution >= 0.6 is 35.1 Å². The quantitative estimate of drug-likeness (QED) is 0.668. The molecule has 2 heterocycles. The normalized spacial score (nSPS) is 10.9. The Bertz CT molecular complexity index is 581. The molecule has 0 unspecified atom stereocenters. The number of aryl methyl sites for hydroxylation is 1. The molecule has 9 heteroatoms. The monoisotopic (exact) mass is 333 g/mol. The van der Waals surface area contributed by atoms with Crippen molar-refractivity contribution in [2.24, 2.45) is 7.05 Å². The molecule has 0 radical (unpaired) electrons. The Morgan fingerprint density at radius 2 is 1.95 bits per heavy atom. The summed E-state index contributed by atoms with van der Waals surface area (Å²) in [7, 11) is 1.84. The number of hydrogen-bond acceptors (Lipinski definition) is 6. The zero-order valence-corrected chi connectivity index (χ0v) is 13.4. The molecule has 0 spiro atoms. The molecule has 0 fully saturated rings. The van der Waals surface area contributed by atoms with Gasteiger partial charge in [0.05, 0.1) is 17.2 Å². The average molecular weight is 334 g/mol. The summed E-state index contributed by atoms with van der Waals surface area (Å²) in [5.41, 5.74) is 0. The Kier molecular flexibility index (Phi) is 4.95. The lowest BCUT2D eigenvalue weighted by Gasteiger charge is -2.12. The van der Waals surface area contributed by atoms with E-state index in [4.69, 9.17) is 27.9 Å². The van der Waals surface area contributed by atoms with Gasteiger partial charge in [0.15, 0.2) is 16.1 Å². The van der Waals surface area contributed by atoms with Crippen LogP contribution in [-0.4, -0.2) is 25.9 Å². The van der Waals surface area contributed by atoms with E-state index in [-0.39, 0.29) is 16.4 Å². The molecule has 6 nitrogen and oxygen atoms in total. The molecule has 0 amide bonds. The van der Waals surface area contributed by atoms with Crippen molar-refractivity contribution in [2.45, 2.75) is 24.8 Å². The van der Waals surface area contributed by atoms with Gasteiger partial charge in [-0.2, -0.15) is 15.1 Å². The number of aromatic nitrogens is 4. The highest BCUT2D eigenvalue weighted by atomic mass is 35.5. The van der Waals surface area contributed by atoms with Crippen molar-refractivity contribution in [3.05, 3.63) is 22.7 Å². The molecule has 0 aromatic carbocycles. The first-order valence-corrected chi connectivity index (χ1v) is 7.34. The van der Waals surface area contributed by atoms with Crippen LogP contribution in [0.4, 0.5) is 5.95 Å². The lowest BCUT2D eigenvalue weighted by molar-refractivity contribution is 0.241. The van der Waals surface area contributed by atoms with E-state index >= 15 is 0 Å². The molecular formula is C11H13Cl2N5OS. The van der Waals surface area contributed by atoms with Gasteiger partial charge in [-0.3, -0.25) is 9.40 Å². The predicted octanol–water partition coefficient (Wildman–Crippen LogP) is 3.42. The van der Waals surface area contributed by atoms with E-state index in [1.54, 1.807) is 10.9 Å². The van der Waals surface area contributed by atoms with Crippen LogP contribution in [0.1, 0.15) is 13.8 Å². The highest BCUT2D eigenvalue weighted by molar-refractivity contribution is 8.00. The van der Waals surface area contributed by atoms with Gasteiger partial charge in [0, 0.05) is 13.2 Å².